The number of allylic oxidation sites excluding steroid dienone is 2. The molecule has 0 spiro atoms. The Morgan fingerprint density at radius 3 is 2.86 bits per heavy atom. The summed E-state index contributed by atoms with van der Waals surface area (Å²) in [5.74, 6) is 0.103. The quantitative estimate of drug-likeness (QED) is 0.709. The number of anilines is 2. The summed E-state index contributed by atoms with van der Waals surface area (Å²) in [4.78, 5) is 41.8. The van der Waals surface area contributed by atoms with E-state index in [0.29, 0.717) is 25.1 Å². The molecular weight excluding hydrogens is 360 g/mol. The fourth-order valence-corrected chi connectivity index (χ4v) is 3.44. The first-order valence-corrected chi connectivity index (χ1v) is 9.64. The van der Waals surface area contributed by atoms with Crippen LogP contribution < -0.4 is 21.9 Å². The Morgan fingerprint density at radius 2 is 2.21 bits per heavy atom. The van der Waals surface area contributed by atoms with E-state index in [2.05, 4.69) is 4.98 Å². The molecule has 2 heterocycles. The Labute approximate surface area is 162 Å². The SMILES string of the molecule is CCCCn1c(N)c(N(Cc2ccco2)C(=O)[C@@H]2CC=CCC2)c(=O)[nH]c1=O. The third kappa shape index (κ3) is 4.11. The molecule has 3 N–H and O–H groups in total. The highest BCUT2D eigenvalue weighted by atomic mass is 16.3. The average Bonchev–Trinajstić information content (AvgIpc) is 3.20. The zero-order chi connectivity index (χ0) is 20.1. The van der Waals surface area contributed by atoms with E-state index >= 15 is 0 Å². The van der Waals surface area contributed by atoms with E-state index < -0.39 is 11.2 Å². The lowest BCUT2D eigenvalue weighted by atomic mass is 9.93. The number of nitrogen functional groups attached to an aromatic ring is 1. The van der Waals surface area contributed by atoms with Crippen LogP contribution in [0.1, 0.15) is 44.8 Å². The lowest BCUT2D eigenvalue weighted by molar-refractivity contribution is -0.122. The number of H-pyrrole nitrogens is 1. The summed E-state index contributed by atoms with van der Waals surface area (Å²) < 4.78 is 6.71. The van der Waals surface area contributed by atoms with Crippen LogP contribution in [-0.2, 0) is 17.9 Å². The van der Waals surface area contributed by atoms with Crippen LogP contribution in [0.2, 0.25) is 0 Å². The molecule has 1 atom stereocenters. The summed E-state index contributed by atoms with van der Waals surface area (Å²) in [5, 5.41) is 0. The van der Waals surface area contributed by atoms with Gasteiger partial charge < -0.3 is 10.2 Å². The summed E-state index contributed by atoms with van der Waals surface area (Å²) in [6.07, 6.45) is 9.26. The highest BCUT2D eigenvalue weighted by Gasteiger charge is 2.30. The van der Waals surface area contributed by atoms with Gasteiger partial charge in [-0.05, 0) is 37.8 Å². The lowest BCUT2D eigenvalue weighted by Gasteiger charge is -2.28. The zero-order valence-electron chi connectivity index (χ0n) is 16.0. The minimum atomic E-state index is -0.665. The monoisotopic (exact) mass is 386 g/mol. The molecule has 0 unspecified atom stereocenters. The van der Waals surface area contributed by atoms with Crippen molar-refractivity contribution in [1.29, 1.82) is 0 Å². The molecule has 3 rings (SSSR count). The van der Waals surface area contributed by atoms with Gasteiger partial charge in [-0.3, -0.25) is 24.0 Å². The molecule has 0 bridgehead atoms. The maximum atomic E-state index is 13.3. The Kier molecular flexibility index (Phi) is 6.18. The van der Waals surface area contributed by atoms with E-state index in [0.717, 1.165) is 19.3 Å². The number of nitrogens with zero attached hydrogens (tertiary/aromatic N) is 2. The molecule has 0 radical (unpaired) electrons. The van der Waals surface area contributed by atoms with Gasteiger partial charge >= 0.3 is 5.69 Å². The zero-order valence-corrected chi connectivity index (χ0v) is 16.0. The number of rotatable bonds is 7. The van der Waals surface area contributed by atoms with E-state index in [1.54, 1.807) is 12.1 Å². The van der Waals surface area contributed by atoms with Gasteiger partial charge in [0.15, 0.2) is 5.69 Å². The molecule has 2 aromatic rings. The minimum Gasteiger partial charge on any atom is -0.467 e. The average molecular weight is 386 g/mol. The van der Waals surface area contributed by atoms with Crippen molar-refractivity contribution in [2.75, 3.05) is 10.6 Å². The topological polar surface area (TPSA) is 114 Å². The molecule has 1 aliphatic carbocycles. The summed E-state index contributed by atoms with van der Waals surface area (Å²) in [6, 6.07) is 3.45. The van der Waals surface area contributed by atoms with Crippen LogP contribution in [0.25, 0.3) is 0 Å². The molecule has 28 heavy (non-hydrogen) atoms. The fraction of sp³-hybridized carbons (Fsp3) is 0.450. The van der Waals surface area contributed by atoms with Crippen molar-refractivity contribution in [3.8, 4) is 0 Å². The highest BCUT2D eigenvalue weighted by Crippen LogP contribution is 2.27. The molecule has 150 valence electrons. The van der Waals surface area contributed by atoms with Crippen molar-refractivity contribution < 1.29 is 9.21 Å². The van der Waals surface area contributed by atoms with Crippen molar-refractivity contribution in [2.24, 2.45) is 5.92 Å². The molecule has 8 nitrogen and oxygen atoms in total. The number of nitrogens with one attached hydrogen (secondary N) is 1. The smallest absolute Gasteiger partial charge is 0.330 e. The van der Waals surface area contributed by atoms with Gasteiger partial charge in [0.2, 0.25) is 5.91 Å². The van der Waals surface area contributed by atoms with Gasteiger partial charge in [-0.25, -0.2) is 4.79 Å². The normalized spacial score (nSPS) is 16.2. The highest BCUT2D eigenvalue weighted by molar-refractivity contribution is 5.97. The fourth-order valence-electron chi connectivity index (χ4n) is 3.44. The summed E-state index contributed by atoms with van der Waals surface area (Å²) in [5.41, 5.74) is 5.00. The van der Waals surface area contributed by atoms with Crippen LogP contribution in [0.3, 0.4) is 0 Å². The first kappa shape index (κ1) is 19.7. The van der Waals surface area contributed by atoms with Gasteiger partial charge in [0.25, 0.3) is 5.56 Å². The summed E-state index contributed by atoms with van der Waals surface area (Å²) >= 11 is 0. The maximum Gasteiger partial charge on any atom is 0.330 e. The lowest BCUT2D eigenvalue weighted by Crippen LogP contribution is -2.43. The first-order chi connectivity index (χ1) is 13.5. The van der Waals surface area contributed by atoms with Gasteiger partial charge in [-0.2, -0.15) is 0 Å². The van der Waals surface area contributed by atoms with Gasteiger partial charge in [0, 0.05) is 12.5 Å². The summed E-state index contributed by atoms with van der Waals surface area (Å²) in [7, 11) is 0. The van der Waals surface area contributed by atoms with Gasteiger partial charge in [-0.1, -0.05) is 25.5 Å². The minimum absolute atomic E-state index is 0.00616. The number of hydrogen-bond donors (Lipinski definition) is 2. The number of unbranched alkanes of at least 4 members (excludes halogenated alkanes) is 1. The molecule has 0 aromatic carbocycles. The van der Waals surface area contributed by atoms with Crippen molar-refractivity contribution in [3.63, 3.8) is 0 Å². The Morgan fingerprint density at radius 1 is 1.39 bits per heavy atom. The molecule has 0 aliphatic heterocycles. The predicted octanol–water partition coefficient (Wildman–Crippen LogP) is 2.40. The van der Waals surface area contributed by atoms with Crippen molar-refractivity contribution in [1.82, 2.24) is 9.55 Å². The molecule has 2 aromatic heterocycles. The van der Waals surface area contributed by atoms with Crippen molar-refractivity contribution in [2.45, 2.75) is 52.1 Å². The first-order valence-electron chi connectivity index (χ1n) is 9.64. The van der Waals surface area contributed by atoms with E-state index in [4.69, 9.17) is 10.2 Å². The second-order valence-corrected chi connectivity index (χ2v) is 6.98. The van der Waals surface area contributed by atoms with Crippen LogP contribution in [0.4, 0.5) is 11.5 Å². The summed E-state index contributed by atoms with van der Waals surface area (Å²) in [6.45, 7) is 2.45. The van der Waals surface area contributed by atoms with E-state index in [-0.39, 0.29) is 29.9 Å². The van der Waals surface area contributed by atoms with Crippen LogP contribution in [0, 0.1) is 5.92 Å². The van der Waals surface area contributed by atoms with E-state index in [1.165, 1.54) is 15.7 Å². The Hall–Kier alpha value is -3.03. The number of carbonyl (C=O) groups is 1. The number of nitrogens with two attached hydrogens (primary N) is 1. The number of hydrogen-bond acceptors (Lipinski definition) is 5. The second kappa shape index (κ2) is 8.77. The van der Waals surface area contributed by atoms with E-state index in [1.807, 2.05) is 19.1 Å². The third-order valence-corrected chi connectivity index (χ3v) is 5.00. The largest absolute Gasteiger partial charge is 0.467 e. The van der Waals surface area contributed by atoms with Crippen LogP contribution in [0.5, 0.6) is 0 Å². The molecule has 1 amide bonds. The standard InChI is InChI=1S/C20H26N4O4/c1-2-3-11-23-17(21)16(18(25)22-20(23)27)24(13-15-10-7-12-28-15)19(26)14-8-5-4-6-9-14/h4-5,7,10,12,14H,2-3,6,8-9,11,13,21H2,1H3,(H,22,25,27)/t14-/m1/s1. The maximum absolute atomic E-state index is 13.3. The number of carbonyl (C=O) groups excluding carboxylic acids is 1. The molecule has 0 saturated heterocycles. The van der Waals surface area contributed by atoms with Gasteiger partial charge in [0.05, 0.1) is 12.8 Å². The third-order valence-electron chi connectivity index (χ3n) is 5.00. The number of aromatic nitrogens is 2. The van der Waals surface area contributed by atoms with Crippen LogP contribution in [0.15, 0.2) is 44.6 Å². The Balaban J connectivity index is 2.06. The van der Waals surface area contributed by atoms with Gasteiger partial charge in [0.1, 0.15) is 11.6 Å². The van der Waals surface area contributed by atoms with Crippen LogP contribution in [-0.4, -0.2) is 15.5 Å². The molecular formula is C20H26N4O4. The molecule has 1 aliphatic rings. The molecule has 0 saturated carbocycles. The van der Waals surface area contributed by atoms with Gasteiger partial charge in [-0.15, -0.1) is 0 Å². The predicted molar refractivity (Wildman–Crippen MR) is 107 cm³/mol. The molecule has 0 fully saturated rings. The second-order valence-electron chi connectivity index (χ2n) is 6.98. The number of aromatic amines is 1. The Bertz CT molecular complexity index is 956. The van der Waals surface area contributed by atoms with Crippen molar-refractivity contribution in [3.05, 3.63) is 57.1 Å². The number of furan rings is 1. The van der Waals surface area contributed by atoms with Crippen LogP contribution >= 0.6 is 0 Å². The molecule has 8 heteroatoms. The number of amides is 1. The van der Waals surface area contributed by atoms with Crippen molar-refractivity contribution >= 4 is 17.4 Å². The van der Waals surface area contributed by atoms with E-state index in [9.17, 15) is 14.4 Å².